The van der Waals surface area contributed by atoms with Crippen LogP contribution in [0.1, 0.15) is 18.4 Å². The minimum Gasteiger partial charge on any atom is -0.313 e. The van der Waals surface area contributed by atoms with Crippen molar-refractivity contribution in [2.45, 2.75) is 23.9 Å². The summed E-state index contributed by atoms with van der Waals surface area (Å²) in [6, 6.07) is 4.74. The average Bonchev–Trinajstić information content (AvgIpc) is 2.81. The standard InChI is InChI=1S/C11H13N3O2S/c12-7-9-3-5-14-11(6-9)17(15,16)8-10-2-1-4-13-10/h3,5-6,10,13H,1-2,4,8H2/t10-/m1/s1. The minimum atomic E-state index is -3.40. The molecule has 1 aliphatic rings. The van der Waals surface area contributed by atoms with Crippen LogP contribution in [-0.4, -0.2) is 31.7 Å². The van der Waals surface area contributed by atoms with Crippen LogP contribution in [0.3, 0.4) is 0 Å². The van der Waals surface area contributed by atoms with Crippen molar-refractivity contribution in [1.82, 2.24) is 10.3 Å². The Labute approximate surface area is 100 Å². The lowest BCUT2D eigenvalue weighted by Crippen LogP contribution is -2.30. The summed E-state index contributed by atoms with van der Waals surface area (Å²) in [5, 5.41) is 11.9. The SMILES string of the molecule is N#Cc1ccnc(S(=O)(=O)C[C@H]2CCCN2)c1. The first-order chi connectivity index (χ1) is 8.12. The van der Waals surface area contributed by atoms with E-state index in [1.54, 1.807) is 0 Å². The van der Waals surface area contributed by atoms with Gasteiger partial charge in [0.1, 0.15) is 0 Å². The predicted molar refractivity (Wildman–Crippen MR) is 62.0 cm³/mol. The van der Waals surface area contributed by atoms with Crippen molar-refractivity contribution < 1.29 is 8.42 Å². The van der Waals surface area contributed by atoms with Gasteiger partial charge < -0.3 is 5.32 Å². The van der Waals surface area contributed by atoms with Gasteiger partial charge in [0.25, 0.3) is 0 Å². The lowest BCUT2D eigenvalue weighted by molar-refractivity contribution is 0.573. The highest BCUT2D eigenvalue weighted by atomic mass is 32.2. The largest absolute Gasteiger partial charge is 0.313 e. The average molecular weight is 251 g/mol. The van der Waals surface area contributed by atoms with Gasteiger partial charge in [-0.2, -0.15) is 5.26 Å². The van der Waals surface area contributed by atoms with Crippen LogP contribution in [0, 0.1) is 11.3 Å². The van der Waals surface area contributed by atoms with Gasteiger partial charge in [-0.1, -0.05) is 0 Å². The first-order valence-corrected chi connectivity index (χ1v) is 7.09. The Kier molecular flexibility index (Phi) is 3.41. The monoisotopic (exact) mass is 251 g/mol. The maximum Gasteiger partial charge on any atom is 0.197 e. The number of pyridine rings is 1. The summed E-state index contributed by atoms with van der Waals surface area (Å²) in [7, 11) is -3.40. The van der Waals surface area contributed by atoms with Gasteiger partial charge in [-0.3, -0.25) is 0 Å². The number of nitrogens with one attached hydrogen (secondary N) is 1. The van der Waals surface area contributed by atoms with Gasteiger partial charge in [-0.05, 0) is 31.5 Å². The van der Waals surface area contributed by atoms with Gasteiger partial charge in [-0.15, -0.1) is 0 Å². The van der Waals surface area contributed by atoms with Crippen molar-refractivity contribution in [3.8, 4) is 6.07 Å². The van der Waals surface area contributed by atoms with Crippen LogP contribution < -0.4 is 5.32 Å². The van der Waals surface area contributed by atoms with Crippen LogP contribution in [-0.2, 0) is 9.84 Å². The van der Waals surface area contributed by atoms with E-state index in [0.29, 0.717) is 5.56 Å². The second kappa shape index (κ2) is 4.82. The highest BCUT2D eigenvalue weighted by Gasteiger charge is 2.24. The first kappa shape index (κ1) is 12.0. The zero-order valence-corrected chi connectivity index (χ0v) is 10.1. The van der Waals surface area contributed by atoms with E-state index in [9.17, 15) is 8.42 Å². The number of aromatic nitrogens is 1. The van der Waals surface area contributed by atoms with E-state index < -0.39 is 9.84 Å². The molecule has 1 saturated heterocycles. The van der Waals surface area contributed by atoms with E-state index in [4.69, 9.17) is 5.26 Å². The van der Waals surface area contributed by atoms with Crippen LogP contribution >= 0.6 is 0 Å². The molecule has 0 unspecified atom stereocenters. The van der Waals surface area contributed by atoms with Crippen LogP contribution in [0.2, 0.25) is 0 Å². The van der Waals surface area contributed by atoms with Crippen molar-refractivity contribution in [2.24, 2.45) is 0 Å². The molecule has 0 radical (unpaired) electrons. The van der Waals surface area contributed by atoms with Crippen LogP contribution in [0.25, 0.3) is 0 Å². The van der Waals surface area contributed by atoms with Crippen LogP contribution in [0.4, 0.5) is 0 Å². The van der Waals surface area contributed by atoms with E-state index in [1.165, 1.54) is 18.3 Å². The van der Waals surface area contributed by atoms with Gasteiger partial charge >= 0.3 is 0 Å². The fourth-order valence-electron chi connectivity index (χ4n) is 1.90. The predicted octanol–water partition coefficient (Wildman–Crippen LogP) is 0.479. The first-order valence-electron chi connectivity index (χ1n) is 5.44. The van der Waals surface area contributed by atoms with E-state index in [-0.39, 0.29) is 16.8 Å². The Hall–Kier alpha value is -1.45. The molecule has 1 fully saturated rings. The van der Waals surface area contributed by atoms with Gasteiger partial charge in [-0.25, -0.2) is 13.4 Å². The number of nitriles is 1. The van der Waals surface area contributed by atoms with Gasteiger partial charge in [0, 0.05) is 12.2 Å². The molecule has 0 saturated carbocycles. The minimum absolute atomic E-state index is 0.00698. The molecule has 6 heteroatoms. The quantitative estimate of drug-likeness (QED) is 0.844. The molecule has 17 heavy (non-hydrogen) atoms. The smallest absolute Gasteiger partial charge is 0.197 e. The maximum absolute atomic E-state index is 12.0. The lowest BCUT2D eigenvalue weighted by Gasteiger charge is -2.10. The molecule has 0 bridgehead atoms. The highest BCUT2D eigenvalue weighted by Crippen LogP contribution is 2.14. The summed E-state index contributed by atoms with van der Waals surface area (Å²) in [5.41, 5.74) is 0.318. The Morgan fingerprint density at radius 1 is 1.59 bits per heavy atom. The Morgan fingerprint density at radius 2 is 2.41 bits per heavy atom. The number of sulfone groups is 1. The molecule has 0 spiro atoms. The third-order valence-corrected chi connectivity index (χ3v) is 4.47. The Balaban J connectivity index is 2.22. The molecule has 0 aromatic carbocycles. The molecule has 0 amide bonds. The molecule has 2 rings (SSSR count). The molecule has 1 aromatic rings. The molecule has 90 valence electrons. The van der Waals surface area contributed by atoms with Crippen molar-refractivity contribution in [1.29, 1.82) is 5.26 Å². The fraction of sp³-hybridized carbons (Fsp3) is 0.455. The summed E-state index contributed by atoms with van der Waals surface area (Å²) < 4.78 is 24.1. The zero-order valence-electron chi connectivity index (χ0n) is 9.26. The Bertz CT molecular complexity index is 542. The zero-order chi connectivity index (χ0) is 12.3. The van der Waals surface area contributed by atoms with Crippen molar-refractivity contribution in [2.75, 3.05) is 12.3 Å². The maximum atomic E-state index is 12.0. The highest BCUT2D eigenvalue weighted by molar-refractivity contribution is 7.91. The number of hydrogen-bond acceptors (Lipinski definition) is 5. The molecule has 2 heterocycles. The third kappa shape index (κ3) is 2.81. The number of nitrogens with zero attached hydrogens (tertiary/aromatic N) is 2. The number of rotatable bonds is 3. The summed E-state index contributed by atoms with van der Waals surface area (Å²) in [4.78, 5) is 3.83. The molecule has 1 aromatic heterocycles. The lowest BCUT2D eigenvalue weighted by atomic mass is 10.3. The normalized spacial score (nSPS) is 20.1. The molecular weight excluding hydrogens is 238 g/mol. The second-order valence-corrected chi connectivity index (χ2v) is 6.05. The van der Waals surface area contributed by atoms with Crippen molar-refractivity contribution in [3.63, 3.8) is 0 Å². The van der Waals surface area contributed by atoms with Gasteiger partial charge in [0.05, 0.1) is 17.4 Å². The molecule has 0 aliphatic carbocycles. The van der Waals surface area contributed by atoms with E-state index in [1.807, 2.05) is 6.07 Å². The molecule has 1 aliphatic heterocycles. The number of hydrogen-bond donors (Lipinski definition) is 1. The topological polar surface area (TPSA) is 82.8 Å². The summed E-state index contributed by atoms with van der Waals surface area (Å²) >= 11 is 0. The summed E-state index contributed by atoms with van der Waals surface area (Å²) in [5.74, 6) is 0.0505. The van der Waals surface area contributed by atoms with Crippen LogP contribution in [0.15, 0.2) is 23.4 Å². The van der Waals surface area contributed by atoms with E-state index >= 15 is 0 Å². The molecular formula is C11H13N3O2S. The van der Waals surface area contributed by atoms with Crippen LogP contribution in [0.5, 0.6) is 0 Å². The van der Waals surface area contributed by atoms with Crippen molar-refractivity contribution >= 4 is 9.84 Å². The molecule has 5 nitrogen and oxygen atoms in total. The van der Waals surface area contributed by atoms with Gasteiger partial charge in [0.15, 0.2) is 14.9 Å². The van der Waals surface area contributed by atoms with E-state index in [0.717, 1.165) is 19.4 Å². The molecule has 1 N–H and O–H groups in total. The molecule has 1 atom stereocenters. The summed E-state index contributed by atoms with van der Waals surface area (Å²) in [6.07, 6.45) is 3.23. The van der Waals surface area contributed by atoms with E-state index in [2.05, 4.69) is 10.3 Å². The third-order valence-electron chi connectivity index (χ3n) is 2.77. The fourth-order valence-corrected chi connectivity index (χ4v) is 3.41. The Morgan fingerprint density at radius 3 is 3.06 bits per heavy atom. The summed E-state index contributed by atoms with van der Waals surface area (Å²) in [6.45, 7) is 0.867. The van der Waals surface area contributed by atoms with Crippen molar-refractivity contribution in [3.05, 3.63) is 23.9 Å². The second-order valence-electron chi connectivity index (χ2n) is 4.07. The van der Waals surface area contributed by atoms with Gasteiger partial charge in [0.2, 0.25) is 0 Å².